The van der Waals surface area contributed by atoms with Gasteiger partial charge in [0.2, 0.25) is 0 Å². The molecule has 1 aromatic carbocycles. The van der Waals surface area contributed by atoms with Crippen LogP contribution < -0.4 is 10.5 Å². The maximum absolute atomic E-state index is 12.8. The standard InChI is InChI=1S/C11H13F2NO2/c1-16-9-4-7(2-3-8(9)15)10(14)5-11(12,13)6-10/h2-4,15H,5-6,14H2,1H3. The van der Waals surface area contributed by atoms with Crippen molar-refractivity contribution in [1.29, 1.82) is 0 Å². The summed E-state index contributed by atoms with van der Waals surface area (Å²) in [6, 6.07) is 4.46. The topological polar surface area (TPSA) is 55.5 Å². The summed E-state index contributed by atoms with van der Waals surface area (Å²) in [5.74, 6) is -2.46. The zero-order valence-corrected chi connectivity index (χ0v) is 8.84. The number of ether oxygens (including phenoxy) is 1. The Labute approximate surface area is 91.8 Å². The maximum atomic E-state index is 12.8. The fourth-order valence-electron chi connectivity index (χ4n) is 2.06. The van der Waals surface area contributed by atoms with E-state index in [0.717, 1.165) is 0 Å². The predicted molar refractivity (Wildman–Crippen MR) is 54.7 cm³/mol. The second-order valence-corrected chi connectivity index (χ2v) is 4.25. The average molecular weight is 229 g/mol. The van der Waals surface area contributed by atoms with E-state index in [0.29, 0.717) is 5.56 Å². The van der Waals surface area contributed by atoms with Crippen LogP contribution in [0.1, 0.15) is 18.4 Å². The summed E-state index contributed by atoms with van der Waals surface area (Å²) in [6.45, 7) is 0. The summed E-state index contributed by atoms with van der Waals surface area (Å²) in [6.07, 6.45) is -0.734. The monoisotopic (exact) mass is 229 g/mol. The van der Waals surface area contributed by atoms with Gasteiger partial charge in [0.05, 0.1) is 12.6 Å². The first-order valence-corrected chi connectivity index (χ1v) is 4.90. The van der Waals surface area contributed by atoms with E-state index >= 15 is 0 Å². The molecular formula is C11H13F2NO2. The van der Waals surface area contributed by atoms with Crippen LogP contribution in [0.3, 0.4) is 0 Å². The second kappa shape index (κ2) is 3.31. The lowest BCUT2D eigenvalue weighted by atomic mass is 9.70. The Balaban J connectivity index is 2.29. The van der Waals surface area contributed by atoms with Gasteiger partial charge in [-0.2, -0.15) is 0 Å². The number of benzene rings is 1. The van der Waals surface area contributed by atoms with Gasteiger partial charge in [-0.3, -0.25) is 0 Å². The van der Waals surface area contributed by atoms with E-state index < -0.39 is 11.5 Å². The lowest BCUT2D eigenvalue weighted by Crippen LogP contribution is -2.55. The van der Waals surface area contributed by atoms with Gasteiger partial charge in [0.1, 0.15) is 0 Å². The van der Waals surface area contributed by atoms with Gasteiger partial charge in [-0.25, -0.2) is 8.78 Å². The highest BCUT2D eigenvalue weighted by Crippen LogP contribution is 2.50. The molecule has 0 spiro atoms. The molecule has 0 unspecified atom stereocenters. The molecule has 0 saturated heterocycles. The minimum absolute atomic E-state index is 0.0269. The quantitative estimate of drug-likeness (QED) is 0.815. The number of methoxy groups -OCH3 is 1. The molecule has 0 radical (unpaired) electrons. The van der Waals surface area contributed by atoms with Crippen molar-refractivity contribution >= 4 is 0 Å². The molecule has 3 N–H and O–H groups in total. The Morgan fingerprint density at radius 2 is 2.00 bits per heavy atom. The third-order valence-electron chi connectivity index (χ3n) is 2.90. The van der Waals surface area contributed by atoms with Gasteiger partial charge in [0.15, 0.2) is 11.5 Å². The van der Waals surface area contributed by atoms with Gasteiger partial charge in [0.25, 0.3) is 5.92 Å². The number of nitrogens with two attached hydrogens (primary N) is 1. The second-order valence-electron chi connectivity index (χ2n) is 4.25. The van der Waals surface area contributed by atoms with Crippen molar-refractivity contribution in [3.05, 3.63) is 23.8 Å². The van der Waals surface area contributed by atoms with Gasteiger partial charge < -0.3 is 15.6 Å². The van der Waals surface area contributed by atoms with Crippen LogP contribution in [-0.4, -0.2) is 18.1 Å². The van der Waals surface area contributed by atoms with E-state index in [1.807, 2.05) is 0 Å². The largest absolute Gasteiger partial charge is 0.504 e. The number of hydrogen-bond acceptors (Lipinski definition) is 3. The van der Waals surface area contributed by atoms with E-state index in [9.17, 15) is 13.9 Å². The van der Waals surface area contributed by atoms with Crippen molar-refractivity contribution < 1.29 is 18.6 Å². The molecule has 5 heteroatoms. The van der Waals surface area contributed by atoms with Gasteiger partial charge in [-0.1, -0.05) is 6.07 Å². The Morgan fingerprint density at radius 3 is 2.50 bits per heavy atom. The van der Waals surface area contributed by atoms with Crippen molar-refractivity contribution in [2.24, 2.45) is 5.73 Å². The van der Waals surface area contributed by atoms with E-state index in [2.05, 4.69) is 0 Å². The normalized spacial score (nSPS) is 21.2. The molecule has 1 saturated carbocycles. The molecule has 1 aliphatic rings. The molecule has 3 nitrogen and oxygen atoms in total. The highest BCUT2D eigenvalue weighted by molar-refractivity contribution is 5.45. The molecule has 1 aliphatic carbocycles. The minimum atomic E-state index is -2.68. The molecule has 2 rings (SSSR count). The summed E-state index contributed by atoms with van der Waals surface area (Å²) >= 11 is 0. The first-order valence-electron chi connectivity index (χ1n) is 4.90. The third kappa shape index (κ3) is 1.71. The molecule has 88 valence electrons. The molecule has 1 fully saturated rings. The summed E-state index contributed by atoms with van der Waals surface area (Å²) in [4.78, 5) is 0. The number of phenolic OH excluding ortho intramolecular Hbond substituents is 1. The molecule has 0 atom stereocenters. The number of hydrogen-bond donors (Lipinski definition) is 2. The van der Waals surface area contributed by atoms with Crippen LogP contribution in [0, 0.1) is 0 Å². The molecule has 0 heterocycles. The molecule has 0 bridgehead atoms. The first-order chi connectivity index (χ1) is 7.36. The van der Waals surface area contributed by atoms with Crippen LogP contribution in [0.4, 0.5) is 8.78 Å². The van der Waals surface area contributed by atoms with Crippen LogP contribution in [0.2, 0.25) is 0 Å². The SMILES string of the molecule is COc1cc(C2(N)CC(F)(F)C2)ccc1O. The Kier molecular flexibility index (Phi) is 2.31. The maximum Gasteiger partial charge on any atom is 0.252 e. The fourth-order valence-corrected chi connectivity index (χ4v) is 2.06. The molecule has 0 amide bonds. The van der Waals surface area contributed by atoms with E-state index in [4.69, 9.17) is 10.5 Å². The first kappa shape index (κ1) is 11.1. The summed E-state index contributed by atoms with van der Waals surface area (Å²) in [5.41, 5.74) is 5.41. The third-order valence-corrected chi connectivity index (χ3v) is 2.90. The Hall–Kier alpha value is -1.36. The van der Waals surface area contributed by atoms with Gasteiger partial charge in [-0.15, -0.1) is 0 Å². The number of alkyl halides is 2. The van der Waals surface area contributed by atoms with Gasteiger partial charge in [-0.05, 0) is 17.7 Å². The number of phenols is 1. The summed E-state index contributed by atoms with van der Waals surface area (Å²) < 4.78 is 30.5. The molecule has 0 aromatic heterocycles. The van der Waals surface area contributed by atoms with Crippen molar-refractivity contribution in [2.45, 2.75) is 24.3 Å². The summed E-state index contributed by atoms with van der Waals surface area (Å²) in [5, 5.41) is 9.38. The van der Waals surface area contributed by atoms with Gasteiger partial charge >= 0.3 is 0 Å². The van der Waals surface area contributed by atoms with E-state index in [1.54, 1.807) is 6.07 Å². The van der Waals surface area contributed by atoms with E-state index in [1.165, 1.54) is 19.2 Å². The van der Waals surface area contributed by atoms with Crippen LogP contribution in [0.5, 0.6) is 11.5 Å². The minimum Gasteiger partial charge on any atom is -0.504 e. The number of halogens is 2. The smallest absolute Gasteiger partial charge is 0.252 e. The van der Waals surface area contributed by atoms with Crippen LogP contribution in [-0.2, 0) is 5.54 Å². The highest BCUT2D eigenvalue weighted by atomic mass is 19.3. The molecule has 0 aliphatic heterocycles. The Bertz CT molecular complexity index is 412. The molecule has 1 aromatic rings. The van der Waals surface area contributed by atoms with Crippen LogP contribution >= 0.6 is 0 Å². The van der Waals surface area contributed by atoms with Gasteiger partial charge in [0, 0.05) is 12.8 Å². The zero-order chi connectivity index (χ0) is 12.0. The van der Waals surface area contributed by atoms with Crippen molar-refractivity contribution in [2.75, 3.05) is 7.11 Å². The van der Waals surface area contributed by atoms with Crippen molar-refractivity contribution in [3.63, 3.8) is 0 Å². The molecular weight excluding hydrogens is 216 g/mol. The van der Waals surface area contributed by atoms with Crippen molar-refractivity contribution in [1.82, 2.24) is 0 Å². The average Bonchev–Trinajstić information content (AvgIpc) is 2.15. The lowest BCUT2D eigenvalue weighted by molar-refractivity contribution is -0.125. The molecule has 16 heavy (non-hydrogen) atoms. The number of aromatic hydroxyl groups is 1. The fraction of sp³-hybridized carbons (Fsp3) is 0.455. The summed E-state index contributed by atoms with van der Waals surface area (Å²) in [7, 11) is 1.40. The highest BCUT2D eigenvalue weighted by Gasteiger charge is 2.55. The Morgan fingerprint density at radius 1 is 1.38 bits per heavy atom. The van der Waals surface area contributed by atoms with E-state index in [-0.39, 0.29) is 24.3 Å². The lowest BCUT2D eigenvalue weighted by Gasteiger charge is -2.44. The predicted octanol–water partition coefficient (Wildman–Crippen LogP) is 1.98. The van der Waals surface area contributed by atoms with Crippen LogP contribution in [0.25, 0.3) is 0 Å². The zero-order valence-electron chi connectivity index (χ0n) is 8.84. The number of rotatable bonds is 2. The van der Waals surface area contributed by atoms with Crippen LogP contribution in [0.15, 0.2) is 18.2 Å². The van der Waals surface area contributed by atoms with Crippen molar-refractivity contribution in [3.8, 4) is 11.5 Å².